The third kappa shape index (κ3) is 3.11. The van der Waals surface area contributed by atoms with Crippen molar-refractivity contribution in [3.05, 3.63) is 0 Å². The minimum atomic E-state index is 0.989. The molecule has 0 bridgehead atoms. The lowest BCUT2D eigenvalue weighted by Gasteiger charge is -2.13. The van der Waals surface area contributed by atoms with E-state index >= 15 is 0 Å². The molecular weight excluding hydrogens is 130 g/mol. The Morgan fingerprint density at radius 1 is 1.56 bits per heavy atom. The summed E-state index contributed by atoms with van der Waals surface area (Å²) in [5.41, 5.74) is 0. The molecule has 0 aromatic rings. The van der Waals surface area contributed by atoms with E-state index in [9.17, 15) is 0 Å². The Morgan fingerprint density at radius 3 is 2.67 bits per heavy atom. The number of thiol groups is 1. The molecule has 0 radical (unpaired) electrons. The van der Waals surface area contributed by atoms with Gasteiger partial charge in [-0.05, 0) is 25.8 Å². The summed E-state index contributed by atoms with van der Waals surface area (Å²) < 4.78 is 0. The first-order valence-corrected chi connectivity index (χ1v) is 4.25. The number of nitrogens with zero attached hydrogens (tertiary/aromatic N) is 1. The zero-order chi connectivity index (χ0) is 6.69. The predicted molar refractivity (Wildman–Crippen MR) is 44.1 cm³/mol. The maximum Gasteiger partial charge on any atom is 0.00669 e. The standard InChI is InChI=1S/C7H15NS/c1-8(4-5-9)6-7-2-3-7/h7,9H,2-6H2,1H3. The number of hydrogen-bond donors (Lipinski definition) is 1. The van der Waals surface area contributed by atoms with Gasteiger partial charge in [-0.2, -0.15) is 12.6 Å². The van der Waals surface area contributed by atoms with Crippen LogP contribution in [0.1, 0.15) is 12.8 Å². The SMILES string of the molecule is CN(CCS)CC1CC1. The van der Waals surface area contributed by atoms with Crippen LogP contribution in [0.15, 0.2) is 0 Å². The highest BCUT2D eigenvalue weighted by Crippen LogP contribution is 2.29. The van der Waals surface area contributed by atoms with Crippen molar-refractivity contribution in [2.75, 3.05) is 25.9 Å². The van der Waals surface area contributed by atoms with Gasteiger partial charge in [0.25, 0.3) is 0 Å². The molecule has 0 atom stereocenters. The van der Waals surface area contributed by atoms with E-state index in [4.69, 9.17) is 0 Å². The molecule has 1 aliphatic carbocycles. The fourth-order valence-electron chi connectivity index (χ4n) is 1.00. The van der Waals surface area contributed by atoms with E-state index in [1.165, 1.54) is 19.4 Å². The molecule has 0 aromatic heterocycles. The first-order valence-electron chi connectivity index (χ1n) is 3.62. The monoisotopic (exact) mass is 145 g/mol. The third-order valence-corrected chi connectivity index (χ3v) is 1.95. The Labute approximate surface area is 62.8 Å². The maximum absolute atomic E-state index is 4.16. The normalized spacial score (nSPS) is 19.0. The Bertz CT molecular complexity index is 81.0. The van der Waals surface area contributed by atoms with Gasteiger partial charge in [0.2, 0.25) is 0 Å². The van der Waals surface area contributed by atoms with Crippen LogP contribution in [0.25, 0.3) is 0 Å². The van der Waals surface area contributed by atoms with Gasteiger partial charge in [-0.15, -0.1) is 0 Å². The third-order valence-electron chi connectivity index (χ3n) is 1.75. The van der Waals surface area contributed by atoms with Crippen molar-refractivity contribution >= 4 is 12.6 Å². The second-order valence-electron chi connectivity index (χ2n) is 2.93. The maximum atomic E-state index is 4.16. The molecule has 1 saturated carbocycles. The summed E-state index contributed by atoms with van der Waals surface area (Å²) >= 11 is 4.16. The first kappa shape index (κ1) is 7.42. The van der Waals surface area contributed by atoms with E-state index < -0.39 is 0 Å². The molecule has 1 rings (SSSR count). The van der Waals surface area contributed by atoms with Crippen LogP contribution in [0.2, 0.25) is 0 Å². The predicted octanol–water partition coefficient (Wildman–Crippen LogP) is 1.26. The topological polar surface area (TPSA) is 3.24 Å². The minimum absolute atomic E-state index is 0.989. The molecule has 1 nitrogen and oxygen atoms in total. The van der Waals surface area contributed by atoms with E-state index in [0.29, 0.717) is 0 Å². The highest BCUT2D eigenvalue weighted by atomic mass is 32.1. The van der Waals surface area contributed by atoms with E-state index in [1.807, 2.05) is 0 Å². The lowest BCUT2D eigenvalue weighted by Crippen LogP contribution is -2.22. The van der Waals surface area contributed by atoms with Crippen molar-refractivity contribution in [2.45, 2.75) is 12.8 Å². The van der Waals surface area contributed by atoms with Gasteiger partial charge in [0.05, 0.1) is 0 Å². The van der Waals surface area contributed by atoms with Crippen LogP contribution in [0.4, 0.5) is 0 Å². The summed E-state index contributed by atoms with van der Waals surface area (Å²) in [6.45, 7) is 2.43. The van der Waals surface area contributed by atoms with E-state index in [-0.39, 0.29) is 0 Å². The van der Waals surface area contributed by atoms with Gasteiger partial charge in [0.1, 0.15) is 0 Å². The second kappa shape index (κ2) is 3.47. The molecule has 0 saturated heterocycles. The van der Waals surface area contributed by atoms with Crippen molar-refractivity contribution in [3.63, 3.8) is 0 Å². The molecule has 0 N–H and O–H groups in total. The quantitative estimate of drug-likeness (QED) is 0.583. The largest absolute Gasteiger partial charge is 0.305 e. The smallest absolute Gasteiger partial charge is 0.00669 e. The molecule has 1 fully saturated rings. The summed E-state index contributed by atoms with van der Waals surface area (Å²) in [5.74, 6) is 2.01. The lowest BCUT2D eigenvalue weighted by molar-refractivity contribution is 0.341. The van der Waals surface area contributed by atoms with Gasteiger partial charge in [0, 0.05) is 18.8 Å². The Kier molecular flexibility index (Phi) is 2.86. The van der Waals surface area contributed by atoms with Gasteiger partial charge in [-0.1, -0.05) is 0 Å². The summed E-state index contributed by atoms with van der Waals surface area (Å²) in [5, 5.41) is 0. The van der Waals surface area contributed by atoms with E-state index in [2.05, 4.69) is 24.6 Å². The number of hydrogen-bond acceptors (Lipinski definition) is 2. The Morgan fingerprint density at radius 2 is 2.22 bits per heavy atom. The molecule has 1 aliphatic rings. The molecule has 54 valence electrons. The molecule has 0 aromatic carbocycles. The molecule has 0 unspecified atom stereocenters. The van der Waals surface area contributed by atoms with Gasteiger partial charge in [-0.25, -0.2) is 0 Å². The number of rotatable bonds is 4. The summed E-state index contributed by atoms with van der Waals surface area (Å²) in [4.78, 5) is 2.37. The fourth-order valence-corrected chi connectivity index (χ4v) is 1.34. The minimum Gasteiger partial charge on any atom is -0.305 e. The fraction of sp³-hybridized carbons (Fsp3) is 1.00. The first-order chi connectivity index (χ1) is 4.33. The van der Waals surface area contributed by atoms with Crippen LogP contribution < -0.4 is 0 Å². The molecular formula is C7H15NS. The zero-order valence-corrected chi connectivity index (χ0v) is 6.90. The lowest BCUT2D eigenvalue weighted by atomic mass is 10.4. The van der Waals surface area contributed by atoms with Crippen molar-refractivity contribution in [2.24, 2.45) is 5.92 Å². The summed E-state index contributed by atoms with van der Waals surface area (Å²) in [6.07, 6.45) is 2.91. The van der Waals surface area contributed by atoms with Crippen molar-refractivity contribution in [3.8, 4) is 0 Å². The summed E-state index contributed by atoms with van der Waals surface area (Å²) in [7, 11) is 2.18. The van der Waals surface area contributed by atoms with Crippen molar-refractivity contribution < 1.29 is 0 Å². The molecule has 2 heteroatoms. The van der Waals surface area contributed by atoms with Crippen LogP contribution in [0, 0.1) is 5.92 Å². The van der Waals surface area contributed by atoms with Crippen LogP contribution in [0.5, 0.6) is 0 Å². The molecule has 9 heavy (non-hydrogen) atoms. The van der Waals surface area contributed by atoms with Crippen LogP contribution in [-0.4, -0.2) is 30.8 Å². The van der Waals surface area contributed by atoms with Crippen LogP contribution in [-0.2, 0) is 0 Å². The van der Waals surface area contributed by atoms with E-state index in [0.717, 1.165) is 18.2 Å². The van der Waals surface area contributed by atoms with Crippen LogP contribution >= 0.6 is 12.6 Å². The molecule has 0 aliphatic heterocycles. The molecule has 0 amide bonds. The van der Waals surface area contributed by atoms with Gasteiger partial charge >= 0.3 is 0 Å². The zero-order valence-electron chi connectivity index (χ0n) is 6.01. The highest BCUT2D eigenvalue weighted by Gasteiger charge is 2.22. The second-order valence-corrected chi connectivity index (χ2v) is 3.38. The average molecular weight is 145 g/mol. The van der Waals surface area contributed by atoms with Gasteiger partial charge in [-0.3, -0.25) is 0 Å². The highest BCUT2D eigenvalue weighted by molar-refractivity contribution is 7.80. The Hall–Kier alpha value is 0.310. The van der Waals surface area contributed by atoms with E-state index in [1.54, 1.807) is 0 Å². The molecule has 0 spiro atoms. The van der Waals surface area contributed by atoms with Crippen molar-refractivity contribution in [1.29, 1.82) is 0 Å². The summed E-state index contributed by atoms with van der Waals surface area (Å²) in [6, 6.07) is 0. The Balaban J connectivity index is 1.95. The molecule has 0 heterocycles. The average Bonchev–Trinajstić information content (AvgIpc) is 2.50. The van der Waals surface area contributed by atoms with Crippen molar-refractivity contribution in [1.82, 2.24) is 4.90 Å². The van der Waals surface area contributed by atoms with Crippen LogP contribution in [0.3, 0.4) is 0 Å². The van der Waals surface area contributed by atoms with Gasteiger partial charge < -0.3 is 4.90 Å². The van der Waals surface area contributed by atoms with Gasteiger partial charge in [0.15, 0.2) is 0 Å².